The molecule has 1 heterocycles. The molecule has 19 heavy (non-hydrogen) atoms. The van der Waals surface area contributed by atoms with Gasteiger partial charge >= 0.3 is 0 Å². The summed E-state index contributed by atoms with van der Waals surface area (Å²) >= 11 is 12.8. The van der Waals surface area contributed by atoms with E-state index in [-0.39, 0.29) is 0 Å². The summed E-state index contributed by atoms with van der Waals surface area (Å²) in [7, 11) is 0. The maximum atomic E-state index is 6.15. The minimum Gasteiger partial charge on any atom is -0.389 e. The van der Waals surface area contributed by atoms with Gasteiger partial charge in [-0.1, -0.05) is 29.9 Å². The summed E-state index contributed by atoms with van der Waals surface area (Å²) in [6.45, 7) is 2.15. The van der Waals surface area contributed by atoms with Crippen LogP contribution >= 0.6 is 35.2 Å². The minimum absolute atomic E-state index is 0.322. The molecule has 0 spiro atoms. The zero-order valence-electron chi connectivity index (χ0n) is 10.5. The standard InChI is InChI=1S/C14H15ClN2S2/c1-9(7-11-3-2-6-19-11)17-10-4-5-12(14(16)18)13(15)8-10/h2-6,8-9,17H,7H2,1H3,(H2,16,18). The first-order chi connectivity index (χ1) is 9.06. The Kier molecular flexibility index (Phi) is 4.80. The maximum Gasteiger partial charge on any atom is 0.105 e. The van der Waals surface area contributed by atoms with Gasteiger partial charge in [-0.15, -0.1) is 11.3 Å². The highest BCUT2D eigenvalue weighted by atomic mass is 35.5. The van der Waals surface area contributed by atoms with Crippen LogP contribution in [0.1, 0.15) is 17.4 Å². The van der Waals surface area contributed by atoms with Gasteiger partial charge in [0.2, 0.25) is 0 Å². The normalized spacial score (nSPS) is 12.1. The Morgan fingerprint density at radius 1 is 1.47 bits per heavy atom. The number of thiocarbonyl (C=S) groups is 1. The summed E-state index contributed by atoms with van der Waals surface area (Å²) in [6, 6.07) is 10.2. The molecule has 0 aliphatic heterocycles. The molecule has 0 radical (unpaired) electrons. The molecule has 0 aliphatic rings. The lowest BCUT2D eigenvalue weighted by atomic mass is 10.1. The molecule has 0 fully saturated rings. The van der Waals surface area contributed by atoms with Gasteiger partial charge in [-0.2, -0.15) is 0 Å². The number of hydrogen-bond acceptors (Lipinski definition) is 3. The summed E-state index contributed by atoms with van der Waals surface area (Å²) in [5.74, 6) is 0. The van der Waals surface area contributed by atoms with E-state index < -0.39 is 0 Å². The highest BCUT2D eigenvalue weighted by Crippen LogP contribution is 2.22. The van der Waals surface area contributed by atoms with Crippen LogP contribution in [0.25, 0.3) is 0 Å². The van der Waals surface area contributed by atoms with Crippen LogP contribution in [0.2, 0.25) is 5.02 Å². The Balaban J connectivity index is 2.03. The molecule has 1 aromatic heterocycles. The van der Waals surface area contributed by atoms with Gasteiger partial charge in [0.25, 0.3) is 0 Å². The molecule has 1 unspecified atom stereocenters. The van der Waals surface area contributed by atoms with Crippen molar-refractivity contribution in [1.82, 2.24) is 0 Å². The average molecular weight is 311 g/mol. The molecule has 0 aliphatic carbocycles. The van der Waals surface area contributed by atoms with Crippen molar-refractivity contribution in [2.24, 2.45) is 5.73 Å². The molecule has 1 aromatic carbocycles. The van der Waals surface area contributed by atoms with Crippen molar-refractivity contribution >= 4 is 45.8 Å². The molecule has 5 heteroatoms. The molecule has 3 N–H and O–H groups in total. The second kappa shape index (κ2) is 6.37. The van der Waals surface area contributed by atoms with Crippen LogP contribution in [0.15, 0.2) is 35.7 Å². The first kappa shape index (κ1) is 14.3. The van der Waals surface area contributed by atoms with Crippen LogP contribution in [0.3, 0.4) is 0 Å². The van der Waals surface area contributed by atoms with E-state index >= 15 is 0 Å². The third-order valence-electron chi connectivity index (χ3n) is 2.74. The topological polar surface area (TPSA) is 38.0 Å². The fourth-order valence-corrected chi connectivity index (χ4v) is 3.22. The lowest BCUT2D eigenvalue weighted by Gasteiger charge is -2.15. The molecule has 0 bridgehead atoms. The van der Waals surface area contributed by atoms with Crippen LogP contribution in [-0.4, -0.2) is 11.0 Å². The Hall–Kier alpha value is -1.10. The lowest BCUT2D eigenvalue weighted by molar-refractivity contribution is 0.800. The van der Waals surface area contributed by atoms with Crippen molar-refractivity contribution in [2.45, 2.75) is 19.4 Å². The summed E-state index contributed by atoms with van der Waals surface area (Å²) in [6.07, 6.45) is 0.992. The number of nitrogens with two attached hydrogens (primary N) is 1. The molecular formula is C14H15ClN2S2. The third kappa shape index (κ3) is 3.93. The molecule has 0 amide bonds. The first-order valence-electron chi connectivity index (χ1n) is 5.94. The van der Waals surface area contributed by atoms with Gasteiger partial charge in [-0.3, -0.25) is 0 Å². The second-order valence-corrected chi connectivity index (χ2v) is 6.27. The maximum absolute atomic E-state index is 6.15. The fraction of sp³-hybridized carbons (Fsp3) is 0.214. The Morgan fingerprint density at radius 2 is 2.26 bits per heavy atom. The van der Waals surface area contributed by atoms with E-state index in [0.29, 0.717) is 21.6 Å². The predicted octanol–water partition coefficient (Wildman–Crippen LogP) is 4.08. The number of benzene rings is 1. The number of anilines is 1. The lowest BCUT2D eigenvalue weighted by Crippen LogP contribution is -2.18. The molecule has 2 nitrogen and oxygen atoms in total. The van der Waals surface area contributed by atoms with E-state index in [4.69, 9.17) is 29.6 Å². The van der Waals surface area contributed by atoms with Crippen LogP contribution in [0, 0.1) is 0 Å². The summed E-state index contributed by atoms with van der Waals surface area (Å²) in [4.78, 5) is 1.69. The Morgan fingerprint density at radius 3 is 2.84 bits per heavy atom. The number of hydrogen-bond donors (Lipinski definition) is 2. The van der Waals surface area contributed by atoms with Gasteiger partial charge in [0.1, 0.15) is 4.99 Å². The van der Waals surface area contributed by atoms with Gasteiger partial charge in [-0.25, -0.2) is 0 Å². The quantitative estimate of drug-likeness (QED) is 0.817. The molecule has 2 rings (SSSR count). The van der Waals surface area contributed by atoms with Crippen molar-refractivity contribution in [2.75, 3.05) is 5.32 Å². The summed E-state index contributed by atoms with van der Waals surface area (Å²) in [5.41, 5.74) is 7.28. The largest absolute Gasteiger partial charge is 0.389 e. The summed E-state index contributed by atoms with van der Waals surface area (Å²) in [5, 5.41) is 6.10. The van der Waals surface area contributed by atoms with E-state index in [1.807, 2.05) is 18.2 Å². The molecule has 2 aromatic rings. The van der Waals surface area contributed by atoms with Gasteiger partial charge in [0.15, 0.2) is 0 Å². The van der Waals surface area contributed by atoms with Crippen LogP contribution in [-0.2, 0) is 6.42 Å². The average Bonchev–Trinajstić information content (AvgIpc) is 2.81. The number of halogens is 1. The van der Waals surface area contributed by atoms with E-state index in [1.165, 1.54) is 4.88 Å². The first-order valence-corrected chi connectivity index (χ1v) is 7.61. The van der Waals surface area contributed by atoms with Gasteiger partial charge in [-0.05, 0) is 36.6 Å². The van der Waals surface area contributed by atoms with E-state index in [9.17, 15) is 0 Å². The fourth-order valence-electron chi connectivity index (χ4n) is 1.87. The zero-order chi connectivity index (χ0) is 13.8. The van der Waals surface area contributed by atoms with Gasteiger partial charge in [0, 0.05) is 28.6 Å². The van der Waals surface area contributed by atoms with Gasteiger partial charge in [0.05, 0.1) is 5.02 Å². The third-order valence-corrected chi connectivity index (χ3v) is 4.17. The van der Waals surface area contributed by atoms with E-state index in [2.05, 4.69) is 29.8 Å². The van der Waals surface area contributed by atoms with Crippen molar-refractivity contribution in [3.05, 3.63) is 51.2 Å². The van der Waals surface area contributed by atoms with E-state index in [1.54, 1.807) is 11.3 Å². The van der Waals surface area contributed by atoms with Crippen molar-refractivity contribution in [3.63, 3.8) is 0 Å². The molecular weight excluding hydrogens is 296 g/mol. The van der Waals surface area contributed by atoms with Crippen LogP contribution < -0.4 is 11.1 Å². The Labute approximate surface area is 127 Å². The number of rotatable bonds is 5. The van der Waals surface area contributed by atoms with Crippen LogP contribution in [0.5, 0.6) is 0 Å². The number of nitrogens with one attached hydrogen (secondary N) is 1. The van der Waals surface area contributed by atoms with Crippen molar-refractivity contribution in [3.8, 4) is 0 Å². The smallest absolute Gasteiger partial charge is 0.105 e. The Bertz CT molecular complexity index is 567. The highest BCUT2D eigenvalue weighted by Gasteiger charge is 2.07. The van der Waals surface area contributed by atoms with Crippen molar-refractivity contribution in [1.29, 1.82) is 0 Å². The monoisotopic (exact) mass is 310 g/mol. The molecule has 100 valence electrons. The molecule has 0 saturated carbocycles. The SMILES string of the molecule is CC(Cc1cccs1)Nc1ccc(C(N)=S)c(Cl)c1. The van der Waals surface area contributed by atoms with Gasteiger partial charge < -0.3 is 11.1 Å². The van der Waals surface area contributed by atoms with Crippen molar-refractivity contribution < 1.29 is 0 Å². The summed E-state index contributed by atoms with van der Waals surface area (Å²) < 4.78 is 0. The number of thiophene rings is 1. The highest BCUT2D eigenvalue weighted by molar-refractivity contribution is 7.80. The predicted molar refractivity (Wildman–Crippen MR) is 88.4 cm³/mol. The molecule has 0 saturated heterocycles. The zero-order valence-corrected chi connectivity index (χ0v) is 12.9. The van der Waals surface area contributed by atoms with Crippen LogP contribution in [0.4, 0.5) is 5.69 Å². The minimum atomic E-state index is 0.322. The molecule has 1 atom stereocenters. The van der Waals surface area contributed by atoms with E-state index in [0.717, 1.165) is 12.1 Å². The second-order valence-electron chi connectivity index (χ2n) is 4.39.